The fraction of sp³-hybridized carbons (Fsp3) is 0.923. The van der Waals surface area contributed by atoms with Crippen LogP contribution in [0.4, 0.5) is 0 Å². The highest BCUT2D eigenvalue weighted by molar-refractivity contribution is 5.79. The van der Waals surface area contributed by atoms with Crippen molar-refractivity contribution in [2.24, 2.45) is 17.6 Å². The highest BCUT2D eigenvalue weighted by Gasteiger charge is 2.29. The van der Waals surface area contributed by atoms with E-state index >= 15 is 0 Å². The summed E-state index contributed by atoms with van der Waals surface area (Å²) in [5, 5.41) is 3.19. The van der Waals surface area contributed by atoms with Crippen LogP contribution in [0.1, 0.15) is 51.9 Å². The van der Waals surface area contributed by atoms with Gasteiger partial charge in [-0.15, -0.1) is 0 Å². The number of rotatable bonds is 3. The lowest BCUT2D eigenvalue weighted by atomic mass is 9.80. The second-order valence-corrected chi connectivity index (χ2v) is 5.60. The molecule has 3 nitrogen and oxygen atoms in total. The molecule has 0 aliphatic heterocycles. The van der Waals surface area contributed by atoms with Crippen molar-refractivity contribution >= 4 is 5.91 Å². The van der Waals surface area contributed by atoms with E-state index in [0.717, 1.165) is 31.6 Å². The zero-order chi connectivity index (χ0) is 11.5. The molecule has 92 valence electrons. The molecule has 0 saturated heterocycles. The summed E-state index contributed by atoms with van der Waals surface area (Å²) in [4.78, 5) is 12.0. The van der Waals surface area contributed by atoms with E-state index in [-0.39, 0.29) is 11.8 Å². The minimum atomic E-state index is 0.224. The molecule has 1 amide bonds. The number of carbonyl (C=O) groups is 1. The third-order valence-electron chi connectivity index (χ3n) is 4.37. The molecule has 0 aromatic carbocycles. The Morgan fingerprint density at radius 3 is 2.31 bits per heavy atom. The first kappa shape index (κ1) is 11.9. The quantitative estimate of drug-likeness (QED) is 0.768. The Hall–Kier alpha value is -0.570. The first-order chi connectivity index (χ1) is 7.66. The minimum Gasteiger partial charge on any atom is -0.353 e. The van der Waals surface area contributed by atoms with Crippen LogP contribution in [-0.2, 0) is 4.79 Å². The smallest absolute Gasteiger partial charge is 0.223 e. The SMILES string of the molecule is CC(NC(=O)C1CCC(N)CC1)C1CCC1. The van der Waals surface area contributed by atoms with Crippen LogP contribution >= 0.6 is 0 Å². The van der Waals surface area contributed by atoms with Crippen molar-refractivity contribution in [1.82, 2.24) is 5.32 Å². The summed E-state index contributed by atoms with van der Waals surface area (Å²) in [6.45, 7) is 2.15. The average Bonchev–Trinajstić information content (AvgIpc) is 2.15. The van der Waals surface area contributed by atoms with E-state index in [0.29, 0.717) is 12.1 Å². The maximum Gasteiger partial charge on any atom is 0.223 e. The molecule has 0 aromatic heterocycles. The zero-order valence-electron chi connectivity index (χ0n) is 10.2. The Morgan fingerprint density at radius 2 is 1.81 bits per heavy atom. The molecule has 0 spiro atoms. The van der Waals surface area contributed by atoms with Gasteiger partial charge in [0.2, 0.25) is 5.91 Å². The van der Waals surface area contributed by atoms with E-state index in [9.17, 15) is 4.79 Å². The minimum absolute atomic E-state index is 0.224. The third kappa shape index (κ3) is 2.76. The number of hydrogen-bond acceptors (Lipinski definition) is 2. The predicted octanol–water partition coefficient (Wildman–Crippen LogP) is 1.81. The van der Waals surface area contributed by atoms with E-state index in [1.165, 1.54) is 19.3 Å². The van der Waals surface area contributed by atoms with Gasteiger partial charge in [0.05, 0.1) is 0 Å². The van der Waals surface area contributed by atoms with Crippen LogP contribution < -0.4 is 11.1 Å². The van der Waals surface area contributed by atoms with Crippen LogP contribution in [0, 0.1) is 11.8 Å². The van der Waals surface area contributed by atoms with Gasteiger partial charge < -0.3 is 11.1 Å². The lowest BCUT2D eigenvalue weighted by Gasteiger charge is -2.33. The van der Waals surface area contributed by atoms with Gasteiger partial charge in [-0.2, -0.15) is 0 Å². The van der Waals surface area contributed by atoms with Crippen LogP contribution in [0.5, 0.6) is 0 Å². The molecule has 0 bridgehead atoms. The maximum absolute atomic E-state index is 12.0. The van der Waals surface area contributed by atoms with Crippen molar-refractivity contribution < 1.29 is 4.79 Å². The molecule has 0 heterocycles. The van der Waals surface area contributed by atoms with Gasteiger partial charge >= 0.3 is 0 Å². The van der Waals surface area contributed by atoms with Crippen LogP contribution in [0.3, 0.4) is 0 Å². The molecule has 3 heteroatoms. The van der Waals surface area contributed by atoms with Gasteiger partial charge in [0.1, 0.15) is 0 Å². The molecule has 2 saturated carbocycles. The molecule has 0 radical (unpaired) electrons. The summed E-state index contributed by atoms with van der Waals surface area (Å²) in [7, 11) is 0. The van der Waals surface area contributed by atoms with E-state index in [1.54, 1.807) is 0 Å². The van der Waals surface area contributed by atoms with Crippen molar-refractivity contribution in [2.45, 2.75) is 64.0 Å². The number of amides is 1. The molecule has 2 rings (SSSR count). The Balaban J connectivity index is 1.74. The maximum atomic E-state index is 12.0. The van der Waals surface area contributed by atoms with Crippen LogP contribution in [0.25, 0.3) is 0 Å². The summed E-state index contributed by atoms with van der Waals surface area (Å²) in [5.74, 6) is 1.23. The largest absolute Gasteiger partial charge is 0.353 e. The molecule has 2 fully saturated rings. The van der Waals surface area contributed by atoms with Crippen LogP contribution in [0.15, 0.2) is 0 Å². The van der Waals surface area contributed by atoms with E-state index in [4.69, 9.17) is 5.73 Å². The van der Waals surface area contributed by atoms with Gasteiger partial charge in [0, 0.05) is 18.0 Å². The Bertz CT molecular complexity index is 242. The number of carbonyl (C=O) groups excluding carboxylic acids is 1. The normalized spacial score (nSPS) is 32.9. The second-order valence-electron chi connectivity index (χ2n) is 5.60. The molecular weight excluding hydrogens is 200 g/mol. The molecule has 1 unspecified atom stereocenters. The average molecular weight is 224 g/mol. The Kier molecular flexibility index (Phi) is 3.85. The van der Waals surface area contributed by atoms with Gasteiger partial charge in [-0.05, 0) is 51.4 Å². The van der Waals surface area contributed by atoms with Gasteiger partial charge in [-0.1, -0.05) is 6.42 Å². The number of nitrogens with one attached hydrogen (secondary N) is 1. The van der Waals surface area contributed by atoms with Gasteiger partial charge in [-0.3, -0.25) is 4.79 Å². The van der Waals surface area contributed by atoms with E-state index in [2.05, 4.69) is 12.2 Å². The van der Waals surface area contributed by atoms with E-state index in [1.807, 2.05) is 0 Å². The second kappa shape index (κ2) is 5.17. The topological polar surface area (TPSA) is 55.1 Å². The zero-order valence-corrected chi connectivity index (χ0v) is 10.2. The third-order valence-corrected chi connectivity index (χ3v) is 4.37. The molecule has 0 aromatic rings. The fourth-order valence-corrected chi connectivity index (χ4v) is 2.78. The summed E-state index contributed by atoms with van der Waals surface area (Å²) >= 11 is 0. The van der Waals surface area contributed by atoms with Crippen molar-refractivity contribution in [2.75, 3.05) is 0 Å². The molecule has 1 atom stereocenters. The molecule has 16 heavy (non-hydrogen) atoms. The lowest BCUT2D eigenvalue weighted by Crippen LogP contribution is -2.44. The Labute approximate surface area is 98.2 Å². The number of nitrogens with two attached hydrogens (primary N) is 1. The van der Waals surface area contributed by atoms with Gasteiger partial charge in [-0.25, -0.2) is 0 Å². The van der Waals surface area contributed by atoms with Crippen molar-refractivity contribution in [1.29, 1.82) is 0 Å². The summed E-state index contributed by atoms with van der Waals surface area (Å²) in [6, 6.07) is 0.699. The first-order valence-corrected chi connectivity index (χ1v) is 6.72. The number of hydrogen-bond donors (Lipinski definition) is 2. The van der Waals surface area contributed by atoms with Crippen molar-refractivity contribution in [3.05, 3.63) is 0 Å². The lowest BCUT2D eigenvalue weighted by molar-refractivity contribution is -0.127. The highest BCUT2D eigenvalue weighted by Crippen LogP contribution is 2.30. The molecule has 2 aliphatic carbocycles. The van der Waals surface area contributed by atoms with Gasteiger partial charge in [0.15, 0.2) is 0 Å². The summed E-state index contributed by atoms with van der Waals surface area (Å²) in [6.07, 6.45) is 7.89. The van der Waals surface area contributed by atoms with Crippen LogP contribution in [-0.4, -0.2) is 18.0 Å². The van der Waals surface area contributed by atoms with Crippen molar-refractivity contribution in [3.8, 4) is 0 Å². The predicted molar refractivity (Wildman–Crippen MR) is 64.9 cm³/mol. The van der Waals surface area contributed by atoms with Crippen molar-refractivity contribution in [3.63, 3.8) is 0 Å². The van der Waals surface area contributed by atoms with Gasteiger partial charge in [0.25, 0.3) is 0 Å². The Morgan fingerprint density at radius 1 is 1.19 bits per heavy atom. The highest BCUT2D eigenvalue weighted by atomic mass is 16.1. The summed E-state index contributed by atoms with van der Waals surface area (Å²) < 4.78 is 0. The fourth-order valence-electron chi connectivity index (χ4n) is 2.78. The molecular formula is C13H24N2O. The standard InChI is InChI=1S/C13H24N2O/c1-9(10-3-2-4-10)15-13(16)11-5-7-12(14)8-6-11/h9-12H,2-8,14H2,1H3,(H,15,16). The molecule has 3 N–H and O–H groups in total. The monoisotopic (exact) mass is 224 g/mol. The summed E-state index contributed by atoms with van der Waals surface area (Å²) in [5.41, 5.74) is 5.85. The first-order valence-electron chi connectivity index (χ1n) is 6.72. The molecule has 2 aliphatic rings. The van der Waals surface area contributed by atoms with E-state index < -0.39 is 0 Å². The van der Waals surface area contributed by atoms with Crippen LogP contribution in [0.2, 0.25) is 0 Å².